The molecule has 0 radical (unpaired) electrons. The van der Waals surface area contributed by atoms with Gasteiger partial charge in [-0.3, -0.25) is 9.55 Å². The average Bonchev–Trinajstić information content (AvgIpc) is 3.53. The number of imidazole rings is 1. The topological polar surface area (TPSA) is 50.9 Å². The van der Waals surface area contributed by atoms with Gasteiger partial charge in [0.1, 0.15) is 11.6 Å². The molecule has 5 heteroatoms. The van der Waals surface area contributed by atoms with Crippen molar-refractivity contribution in [3.8, 4) is 56.3 Å². The summed E-state index contributed by atoms with van der Waals surface area (Å²) in [5.41, 5.74) is 11.6. The first-order valence-electron chi connectivity index (χ1n) is 15.7. The number of phenols is 1. The van der Waals surface area contributed by atoms with E-state index in [9.17, 15) is 5.11 Å². The standard InChI is InChI=1S/C43H30N3O.Pt/c47-41-22-11-10-19-38(41)43-45-42-37(20-12-21-40(42)46(43)36-17-8-3-9-18-36)34-26-33(32-15-6-2-7-16-32)27-35(28-34)39-24-23-31(29-44-39)25-30-13-4-1-5-14-30;/h1-24,26-27,29,47H,25H2;/q-1;. The first-order chi connectivity index (χ1) is 23.2. The largest absolute Gasteiger partial charge is 0.507 e. The molecule has 1 N–H and O–H groups in total. The second kappa shape index (κ2) is 13.7. The Labute approximate surface area is 294 Å². The summed E-state index contributed by atoms with van der Waals surface area (Å²) in [5, 5.41) is 10.9. The molecular formula is C43H30N3OPt-. The van der Waals surface area contributed by atoms with Crippen LogP contribution in [0.5, 0.6) is 5.75 Å². The molecule has 0 aliphatic heterocycles. The zero-order valence-electron chi connectivity index (χ0n) is 25.9. The van der Waals surface area contributed by atoms with E-state index in [0.29, 0.717) is 11.4 Å². The molecule has 6 aromatic carbocycles. The number of pyridine rings is 1. The van der Waals surface area contributed by atoms with E-state index in [2.05, 4.69) is 114 Å². The molecular weight excluding hydrogens is 770 g/mol. The van der Waals surface area contributed by atoms with E-state index < -0.39 is 0 Å². The average molecular weight is 800 g/mol. The molecule has 48 heavy (non-hydrogen) atoms. The van der Waals surface area contributed by atoms with E-state index in [1.807, 2.05) is 54.7 Å². The first kappa shape index (κ1) is 31.0. The van der Waals surface area contributed by atoms with Gasteiger partial charge in [0.25, 0.3) is 0 Å². The van der Waals surface area contributed by atoms with Crippen molar-refractivity contribution in [1.29, 1.82) is 0 Å². The minimum atomic E-state index is 0. The number of aromatic nitrogens is 3. The number of rotatable bonds is 7. The third-order valence-corrected chi connectivity index (χ3v) is 8.46. The van der Waals surface area contributed by atoms with Gasteiger partial charge in [-0.25, -0.2) is 4.98 Å². The summed E-state index contributed by atoms with van der Waals surface area (Å²) in [4.78, 5) is 10.1. The van der Waals surface area contributed by atoms with Crippen LogP contribution in [0.3, 0.4) is 0 Å². The Kier molecular flexibility index (Phi) is 8.83. The van der Waals surface area contributed by atoms with Crippen molar-refractivity contribution < 1.29 is 26.2 Å². The molecule has 0 atom stereocenters. The summed E-state index contributed by atoms with van der Waals surface area (Å²) in [6.45, 7) is 0. The van der Waals surface area contributed by atoms with Crippen LogP contribution in [-0.4, -0.2) is 19.6 Å². The predicted molar refractivity (Wildman–Crippen MR) is 190 cm³/mol. The summed E-state index contributed by atoms with van der Waals surface area (Å²) in [6, 6.07) is 56.9. The van der Waals surface area contributed by atoms with E-state index in [0.717, 1.165) is 62.2 Å². The number of fused-ring (bicyclic) bond motifs is 1. The Balaban J connectivity index is 0.00000364. The number of hydrogen-bond donors (Lipinski definition) is 1. The maximum Gasteiger partial charge on any atom is 0.148 e. The number of hydrogen-bond acceptors (Lipinski definition) is 3. The van der Waals surface area contributed by atoms with Crippen molar-refractivity contribution >= 4 is 11.0 Å². The summed E-state index contributed by atoms with van der Waals surface area (Å²) in [6.07, 6.45) is 2.80. The molecule has 0 spiro atoms. The molecule has 0 unspecified atom stereocenters. The zero-order valence-corrected chi connectivity index (χ0v) is 28.2. The maximum atomic E-state index is 10.9. The maximum absolute atomic E-state index is 10.9. The molecule has 8 aromatic rings. The number of para-hydroxylation sites is 3. The van der Waals surface area contributed by atoms with Gasteiger partial charge in [0.2, 0.25) is 0 Å². The monoisotopic (exact) mass is 799 g/mol. The fourth-order valence-corrected chi connectivity index (χ4v) is 6.17. The van der Waals surface area contributed by atoms with Crippen LogP contribution < -0.4 is 0 Å². The van der Waals surface area contributed by atoms with Crippen LogP contribution in [-0.2, 0) is 27.5 Å². The molecule has 234 valence electrons. The molecule has 8 rings (SSSR count). The Hall–Kier alpha value is -5.57. The van der Waals surface area contributed by atoms with E-state index in [-0.39, 0.29) is 26.8 Å². The number of phenolic OH excluding ortho intramolecular Hbond substituents is 1. The fourth-order valence-electron chi connectivity index (χ4n) is 6.17. The van der Waals surface area contributed by atoms with Crippen molar-refractivity contribution in [1.82, 2.24) is 14.5 Å². The first-order valence-corrected chi connectivity index (χ1v) is 15.7. The van der Waals surface area contributed by atoms with E-state index in [4.69, 9.17) is 9.97 Å². The van der Waals surface area contributed by atoms with Crippen LogP contribution in [0.1, 0.15) is 11.1 Å². The normalized spacial score (nSPS) is 10.9. The van der Waals surface area contributed by atoms with Crippen molar-refractivity contribution in [3.05, 3.63) is 181 Å². The van der Waals surface area contributed by atoms with Gasteiger partial charge < -0.3 is 5.11 Å². The van der Waals surface area contributed by atoms with Crippen molar-refractivity contribution in [2.45, 2.75) is 6.42 Å². The summed E-state index contributed by atoms with van der Waals surface area (Å²) in [5.74, 6) is 0.857. The predicted octanol–water partition coefficient (Wildman–Crippen LogP) is 10.2. The molecule has 0 aliphatic carbocycles. The second-order valence-corrected chi connectivity index (χ2v) is 11.6. The van der Waals surface area contributed by atoms with Gasteiger partial charge in [0.15, 0.2) is 0 Å². The van der Waals surface area contributed by atoms with Crippen LogP contribution in [0, 0.1) is 6.07 Å². The van der Waals surface area contributed by atoms with Gasteiger partial charge in [-0.05, 0) is 53.4 Å². The number of aromatic hydroxyl groups is 1. The third kappa shape index (κ3) is 6.11. The van der Waals surface area contributed by atoms with Gasteiger partial charge in [-0.2, -0.15) is 0 Å². The van der Waals surface area contributed by atoms with Crippen LogP contribution in [0.2, 0.25) is 0 Å². The van der Waals surface area contributed by atoms with Crippen LogP contribution in [0.4, 0.5) is 0 Å². The number of nitrogens with zero attached hydrogens (tertiary/aromatic N) is 3. The number of benzene rings is 6. The quantitative estimate of drug-likeness (QED) is 0.163. The van der Waals surface area contributed by atoms with Gasteiger partial charge in [0, 0.05) is 38.6 Å². The summed E-state index contributed by atoms with van der Waals surface area (Å²) in [7, 11) is 0. The molecule has 2 heterocycles. The Morgan fingerprint density at radius 1 is 0.583 bits per heavy atom. The Bertz CT molecular complexity index is 2320. The van der Waals surface area contributed by atoms with Crippen molar-refractivity contribution in [2.24, 2.45) is 0 Å². The smallest absolute Gasteiger partial charge is 0.148 e. The molecule has 4 nitrogen and oxygen atoms in total. The van der Waals surface area contributed by atoms with Crippen molar-refractivity contribution in [2.75, 3.05) is 0 Å². The summed E-state index contributed by atoms with van der Waals surface area (Å²) >= 11 is 0. The van der Waals surface area contributed by atoms with Crippen molar-refractivity contribution in [3.63, 3.8) is 0 Å². The SMILES string of the molecule is Oc1ccccc1-c1nc2c(-c3[c-]c(-c4ccc(Cc5ccccc5)cn4)cc(-c4ccccc4)c3)cccc2n1-c1ccccc1.[Pt]. The van der Waals surface area contributed by atoms with Crippen LogP contribution in [0.15, 0.2) is 164 Å². The van der Waals surface area contributed by atoms with E-state index in [1.54, 1.807) is 6.07 Å². The minimum Gasteiger partial charge on any atom is -0.507 e. The van der Waals surface area contributed by atoms with Gasteiger partial charge in [0.05, 0.1) is 16.6 Å². The zero-order chi connectivity index (χ0) is 31.6. The molecule has 0 saturated carbocycles. The Morgan fingerprint density at radius 2 is 1.25 bits per heavy atom. The molecule has 0 aliphatic rings. The molecule has 0 amide bonds. The summed E-state index contributed by atoms with van der Waals surface area (Å²) < 4.78 is 2.11. The van der Waals surface area contributed by atoms with Gasteiger partial charge in [-0.1, -0.05) is 132 Å². The fraction of sp³-hybridized carbons (Fsp3) is 0.0233. The third-order valence-electron chi connectivity index (χ3n) is 8.46. The minimum absolute atomic E-state index is 0. The molecule has 0 bridgehead atoms. The Morgan fingerprint density at radius 3 is 1.98 bits per heavy atom. The van der Waals surface area contributed by atoms with Crippen LogP contribution >= 0.6 is 0 Å². The molecule has 0 saturated heterocycles. The van der Waals surface area contributed by atoms with Crippen LogP contribution in [0.25, 0.3) is 61.6 Å². The molecule has 2 aromatic heterocycles. The molecule has 0 fully saturated rings. The van der Waals surface area contributed by atoms with Gasteiger partial charge in [-0.15, -0.1) is 23.8 Å². The van der Waals surface area contributed by atoms with E-state index >= 15 is 0 Å². The second-order valence-electron chi connectivity index (χ2n) is 11.6. The van der Waals surface area contributed by atoms with E-state index in [1.165, 1.54) is 5.56 Å². The van der Waals surface area contributed by atoms with Gasteiger partial charge >= 0.3 is 0 Å².